The summed E-state index contributed by atoms with van der Waals surface area (Å²) in [6, 6.07) is 10.9. The highest BCUT2D eigenvalue weighted by Crippen LogP contribution is 2.24. The van der Waals surface area contributed by atoms with Gasteiger partial charge in [0.2, 0.25) is 0 Å². The first kappa shape index (κ1) is 18.6. The highest BCUT2D eigenvalue weighted by Gasteiger charge is 2.06. The van der Waals surface area contributed by atoms with Crippen LogP contribution in [0, 0.1) is 0 Å². The lowest BCUT2D eigenvalue weighted by atomic mass is 9.91. The average Bonchev–Trinajstić information content (AvgIpc) is 2.45. The van der Waals surface area contributed by atoms with Gasteiger partial charge in [0, 0.05) is 0 Å². The normalized spacial score (nSPS) is 10.5. The van der Waals surface area contributed by atoms with E-state index in [1.54, 1.807) is 0 Å². The van der Waals surface area contributed by atoms with E-state index >= 15 is 0 Å². The number of rotatable bonds is 5. The molecule has 0 aromatic heterocycles. The van der Waals surface area contributed by atoms with Gasteiger partial charge in [0.15, 0.2) is 0 Å². The van der Waals surface area contributed by atoms with Crippen molar-refractivity contribution in [1.82, 2.24) is 0 Å². The zero-order valence-corrected chi connectivity index (χ0v) is 12.8. The molecule has 0 N–H and O–H groups in total. The molecule has 1 rings (SSSR count). The summed E-state index contributed by atoms with van der Waals surface area (Å²) in [6.07, 6.45) is 5.28. The Bertz CT molecular complexity index is 213. The minimum Gasteiger partial charge on any atom is -0.0683 e. The summed E-state index contributed by atoms with van der Waals surface area (Å²) in [5.41, 5.74) is 1.51. The molecular formula is C17H32. The average molecular weight is 236 g/mol. The van der Waals surface area contributed by atoms with Gasteiger partial charge in [-0.15, -0.1) is 0 Å². The Balaban J connectivity index is 0. The smallest absolute Gasteiger partial charge is 0.0165 e. The number of benzene rings is 1. The number of hydrogen-bond acceptors (Lipinski definition) is 0. The number of hydrogen-bond donors (Lipinski definition) is 0. The molecule has 1 aromatic rings. The van der Waals surface area contributed by atoms with Crippen molar-refractivity contribution >= 4 is 0 Å². The van der Waals surface area contributed by atoms with E-state index in [1.807, 2.05) is 27.7 Å². The van der Waals surface area contributed by atoms with Gasteiger partial charge in [-0.25, -0.2) is 0 Å². The topological polar surface area (TPSA) is 0 Å². The standard InChI is InChI=1S/C13H20.2C2H6/c1-3-5-9-12(4-2)13-10-7-6-8-11-13;2*1-2/h6-8,10-12H,3-5,9H2,1-2H3;2*1-2H3. The number of unbranched alkanes of at least 4 members (excludes halogenated alkanes) is 1. The maximum Gasteiger partial charge on any atom is -0.0165 e. The van der Waals surface area contributed by atoms with Crippen LogP contribution in [-0.2, 0) is 0 Å². The van der Waals surface area contributed by atoms with Crippen LogP contribution < -0.4 is 0 Å². The van der Waals surface area contributed by atoms with Gasteiger partial charge >= 0.3 is 0 Å². The first-order valence-electron chi connectivity index (χ1n) is 7.43. The lowest BCUT2D eigenvalue weighted by Crippen LogP contribution is -1.96. The fourth-order valence-corrected chi connectivity index (χ4v) is 1.78. The van der Waals surface area contributed by atoms with Gasteiger partial charge in [0.1, 0.15) is 0 Å². The molecule has 100 valence electrons. The van der Waals surface area contributed by atoms with Crippen molar-refractivity contribution in [2.24, 2.45) is 0 Å². The molecule has 0 nitrogen and oxygen atoms in total. The van der Waals surface area contributed by atoms with Crippen LogP contribution >= 0.6 is 0 Å². The van der Waals surface area contributed by atoms with Crippen molar-refractivity contribution in [1.29, 1.82) is 0 Å². The highest BCUT2D eigenvalue weighted by atomic mass is 14.1. The van der Waals surface area contributed by atoms with Crippen molar-refractivity contribution < 1.29 is 0 Å². The molecule has 0 heterocycles. The van der Waals surface area contributed by atoms with Crippen LogP contribution in [0.5, 0.6) is 0 Å². The van der Waals surface area contributed by atoms with Crippen molar-refractivity contribution in [3.63, 3.8) is 0 Å². The van der Waals surface area contributed by atoms with Crippen LogP contribution in [0.4, 0.5) is 0 Å². The third-order valence-corrected chi connectivity index (χ3v) is 2.67. The van der Waals surface area contributed by atoms with E-state index in [9.17, 15) is 0 Å². The van der Waals surface area contributed by atoms with E-state index in [4.69, 9.17) is 0 Å². The Morgan fingerprint density at radius 1 is 0.882 bits per heavy atom. The largest absolute Gasteiger partial charge is 0.0683 e. The van der Waals surface area contributed by atoms with E-state index in [-0.39, 0.29) is 0 Å². The summed E-state index contributed by atoms with van der Waals surface area (Å²) in [7, 11) is 0. The Labute approximate surface area is 109 Å². The first-order chi connectivity index (χ1) is 8.38. The summed E-state index contributed by atoms with van der Waals surface area (Å²) in [5.74, 6) is 0.779. The molecule has 0 fully saturated rings. The van der Waals surface area contributed by atoms with Gasteiger partial charge in [-0.05, 0) is 24.3 Å². The summed E-state index contributed by atoms with van der Waals surface area (Å²) in [6.45, 7) is 12.5. The van der Waals surface area contributed by atoms with Gasteiger partial charge < -0.3 is 0 Å². The summed E-state index contributed by atoms with van der Waals surface area (Å²) >= 11 is 0. The molecule has 0 saturated heterocycles. The van der Waals surface area contributed by atoms with E-state index in [0.29, 0.717) is 0 Å². The summed E-state index contributed by atoms with van der Waals surface area (Å²) in [5, 5.41) is 0. The van der Waals surface area contributed by atoms with Crippen LogP contribution in [0.15, 0.2) is 30.3 Å². The van der Waals surface area contributed by atoms with E-state index < -0.39 is 0 Å². The maximum atomic E-state index is 2.29. The second-order valence-corrected chi connectivity index (χ2v) is 3.66. The van der Waals surface area contributed by atoms with Gasteiger partial charge in [-0.1, -0.05) is 84.7 Å². The summed E-state index contributed by atoms with van der Waals surface area (Å²) < 4.78 is 0. The third kappa shape index (κ3) is 8.97. The zero-order valence-electron chi connectivity index (χ0n) is 12.8. The molecule has 0 amide bonds. The van der Waals surface area contributed by atoms with Gasteiger partial charge in [0.05, 0.1) is 0 Å². The predicted molar refractivity (Wildman–Crippen MR) is 81.7 cm³/mol. The van der Waals surface area contributed by atoms with Gasteiger partial charge in [-0.3, -0.25) is 0 Å². The van der Waals surface area contributed by atoms with E-state index in [2.05, 4.69) is 44.2 Å². The molecular weight excluding hydrogens is 204 g/mol. The molecule has 0 aliphatic rings. The molecule has 1 aromatic carbocycles. The van der Waals surface area contributed by atoms with E-state index in [0.717, 1.165) is 5.92 Å². The van der Waals surface area contributed by atoms with Crippen LogP contribution in [0.1, 0.15) is 78.7 Å². The minimum absolute atomic E-state index is 0.779. The molecule has 17 heavy (non-hydrogen) atoms. The molecule has 0 saturated carbocycles. The first-order valence-corrected chi connectivity index (χ1v) is 7.43. The van der Waals surface area contributed by atoms with E-state index in [1.165, 1.54) is 31.2 Å². The molecule has 0 bridgehead atoms. The van der Waals surface area contributed by atoms with Crippen LogP contribution in [0.25, 0.3) is 0 Å². The maximum absolute atomic E-state index is 2.29. The fourth-order valence-electron chi connectivity index (χ4n) is 1.78. The van der Waals surface area contributed by atoms with Crippen LogP contribution in [0.2, 0.25) is 0 Å². The Hall–Kier alpha value is -0.780. The molecule has 1 unspecified atom stereocenters. The fraction of sp³-hybridized carbons (Fsp3) is 0.647. The van der Waals surface area contributed by atoms with Crippen LogP contribution in [-0.4, -0.2) is 0 Å². The molecule has 0 aliphatic heterocycles. The van der Waals surface area contributed by atoms with Crippen molar-refractivity contribution in [2.45, 2.75) is 73.1 Å². The Morgan fingerprint density at radius 3 is 1.82 bits per heavy atom. The minimum atomic E-state index is 0.779. The van der Waals surface area contributed by atoms with Crippen molar-refractivity contribution in [2.75, 3.05) is 0 Å². The lowest BCUT2D eigenvalue weighted by Gasteiger charge is -2.14. The molecule has 0 radical (unpaired) electrons. The van der Waals surface area contributed by atoms with Gasteiger partial charge in [0.25, 0.3) is 0 Å². The van der Waals surface area contributed by atoms with Crippen LogP contribution in [0.3, 0.4) is 0 Å². The monoisotopic (exact) mass is 236 g/mol. The molecule has 0 spiro atoms. The zero-order chi connectivity index (χ0) is 13.5. The summed E-state index contributed by atoms with van der Waals surface area (Å²) in [4.78, 5) is 0. The van der Waals surface area contributed by atoms with Gasteiger partial charge in [-0.2, -0.15) is 0 Å². The second kappa shape index (κ2) is 15.2. The highest BCUT2D eigenvalue weighted by molar-refractivity contribution is 5.19. The lowest BCUT2D eigenvalue weighted by molar-refractivity contribution is 0.570. The Morgan fingerprint density at radius 2 is 1.41 bits per heavy atom. The SMILES string of the molecule is CC.CC.CCCCC(CC)c1ccccc1. The predicted octanol–water partition coefficient (Wildman–Crippen LogP) is 6.42. The van der Waals surface area contributed by atoms with Crippen molar-refractivity contribution in [3.05, 3.63) is 35.9 Å². The molecule has 0 aliphatic carbocycles. The quantitative estimate of drug-likeness (QED) is 0.553. The van der Waals surface area contributed by atoms with Crippen molar-refractivity contribution in [3.8, 4) is 0 Å². The molecule has 0 heteroatoms. The third-order valence-electron chi connectivity index (χ3n) is 2.67. The Kier molecular flexibility index (Phi) is 16.6. The second-order valence-electron chi connectivity index (χ2n) is 3.66. The molecule has 1 atom stereocenters.